The normalized spacial score (nSPS) is 11.0. The smallest absolute Gasteiger partial charge is 0.0505 e. The number of hydrogen-bond donors (Lipinski definition) is 1. The summed E-state index contributed by atoms with van der Waals surface area (Å²) in [5.41, 5.74) is 2.55. The van der Waals surface area contributed by atoms with E-state index in [1.807, 2.05) is 0 Å². The average molecular weight is 353 g/mol. The summed E-state index contributed by atoms with van der Waals surface area (Å²) in [7, 11) is 0. The minimum absolute atomic E-state index is 0.868. The molecule has 2 aromatic rings. The van der Waals surface area contributed by atoms with Crippen molar-refractivity contribution in [3.05, 3.63) is 50.6 Å². The highest BCUT2D eigenvalue weighted by molar-refractivity contribution is 9.10. The van der Waals surface area contributed by atoms with Gasteiger partial charge >= 0.3 is 0 Å². The minimum atomic E-state index is 0.868. The van der Waals surface area contributed by atoms with Crippen molar-refractivity contribution in [1.29, 1.82) is 0 Å². The number of thiophene rings is 1. The molecule has 1 aromatic carbocycles. The predicted octanol–water partition coefficient (Wildman–Crippen LogP) is 4.96. The van der Waals surface area contributed by atoms with Crippen molar-refractivity contribution in [3.63, 3.8) is 0 Å². The van der Waals surface area contributed by atoms with E-state index in [9.17, 15) is 0 Å². The van der Waals surface area contributed by atoms with Gasteiger partial charge in [0.1, 0.15) is 0 Å². The van der Waals surface area contributed by atoms with E-state index < -0.39 is 0 Å². The summed E-state index contributed by atoms with van der Waals surface area (Å²) < 4.78 is 1.19. The fourth-order valence-electron chi connectivity index (χ4n) is 2.12. The van der Waals surface area contributed by atoms with Crippen LogP contribution in [0.3, 0.4) is 0 Å². The van der Waals surface area contributed by atoms with Crippen LogP contribution in [0.2, 0.25) is 0 Å². The molecule has 1 aromatic heterocycles. The third-order valence-electron chi connectivity index (χ3n) is 3.37. The number of nitrogens with one attached hydrogen (secondary N) is 1. The lowest BCUT2D eigenvalue weighted by atomic mass is 10.2. The van der Waals surface area contributed by atoms with E-state index >= 15 is 0 Å². The molecule has 0 saturated heterocycles. The van der Waals surface area contributed by atoms with Crippen LogP contribution in [0.1, 0.15) is 24.3 Å². The Labute approximate surface area is 133 Å². The molecule has 0 fully saturated rings. The fraction of sp³-hybridized carbons (Fsp3) is 0.375. The maximum Gasteiger partial charge on any atom is 0.0505 e. The van der Waals surface area contributed by atoms with Crippen LogP contribution >= 0.6 is 27.3 Å². The van der Waals surface area contributed by atoms with Gasteiger partial charge < -0.3 is 5.32 Å². The van der Waals surface area contributed by atoms with E-state index in [0.717, 1.165) is 26.2 Å². The van der Waals surface area contributed by atoms with E-state index in [4.69, 9.17) is 0 Å². The van der Waals surface area contributed by atoms with Gasteiger partial charge in [-0.25, -0.2) is 0 Å². The van der Waals surface area contributed by atoms with E-state index in [-0.39, 0.29) is 0 Å². The van der Waals surface area contributed by atoms with Gasteiger partial charge in [-0.1, -0.05) is 26.0 Å². The number of nitrogens with zero attached hydrogens (tertiary/aromatic N) is 1. The largest absolute Gasteiger partial charge is 0.380 e. The first-order valence-electron chi connectivity index (χ1n) is 7.00. The molecule has 0 amide bonds. The van der Waals surface area contributed by atoms with Crippen LogP contribution < -0.4 is 5.32 Å². The Balaban J connectivity index is 1.97. The number of halogens is 1. The van der Waals surface area contributed by atoms with Gasteiger partial charge in [0.2, 0.25) is 0 Å². The minimum Gasteiger partial charge on any atom is -0.380 e. The van der Waals surface area contributed by atoms with Gasteiger partial charge in [-0.2, -0.15) is 0 Å². The molecule has 0 saturated carbocycles. The van der Waals surface area contributed by atoms with E-state index in [1.54, 1.807) is 11.3 Å². The molecule has 1 N–H and O–H groups in total. The van der Waals surface area contributed by atoms with Crippen LogP contribution in [0, 0.1) is 0 Å². The highest BCUT2D eigenvalue weighted by Gasteiger charge is 2.03. The second-order valence-corrected chi connectivity index (χ2v) is 6.56. The number of benzene rings is 1. The van der Waals surface area contributed by atoms with Gasteiger partial charge in [0.05, 0.1) is 6.54 Å². The average Bonchev–Trinajstić information content (AvgIpc) is 2.88. The van der Waals surface area contributed by atoms with E-state index in [1.165, 1.54) is 20.6 Å². The van der Waals surface area contributed by atoms with Crippen molar-refractivity contribution < 1.29 is 0 Å². The Morgan fingerprint density at radius 2 is 2.00 bits per heavy atom. The standard InChI is InChI=1S/C16H21BrN2S/c1-3-19(4-2)12-13-6-5-7-14(10-13)18-11-16-15(17)8-9-20-16/h5-10,18H,3-4,11-12H2,1-2H3. The summed E-state index contributed by atoms with van der Waals surface area (Å²) in [6.45, 7) is 8.49. The van der Waals surface area contributed by atoms with Crippen LogP contribution in [0.4, 0.5) is 5.69 Å². The maximum absolute atomic E-state index is 3.57. The fourth-order valence-corrected chi connectivity index (χ4v) is 3.55. The number of rotatable bonds is 7. The molecule has 108 valence electrons. The highest BCUT2D eigenvalue weighted by atomic mass is 79.9. The van der Waals surface area contributed by atoms with Gasteiger partial charge in [0.25, 0.3) is 0 Å². The molecule has 4 heteroatoms. The van der Waals surface area contributed by atoms with Crippen molar-refractivity contribution in [2.75, 3.05) is 18.4 Å². The summed E-state index contributed by atoms with van der Waals surface area (Å²) >= 11 is 5.34. The highest BCUT2D eigenvalue weighted by Crippen LogP contribution is 2.24. The second-order valence-electron chi connectivity index (χ2n) is 4.71. The van der Waals surface area contributed by atoms with Gasteiger partial charge in [0, 0.05) is 21.6 Å². The van der Waals surface area contributed by atoms with Crippen LogP contribution in [-0.2, 0) is 13.1 Å². The lowest BCUT2D eigenvalue weighted by Gasteiger charge is -2.18. The van der Waals surface area contributed by atoms with Gasteiger partial charge in [-0.05, 0) is 58.2 Å². The lowest BCUT2D eigenvalue weighted by molar-refractivity contribution is 0.296. The SMILES string of the molecule is CCN(CC)Cc1cccc(NCc2sccc2Br)c1. The molecule has 0 bridgehead atoms. The van der Waals surface area contributed by atoms with E-state index in [2.05, 4.69) is 75.7 Å². The van der Waals surface area contributed by atoms with Crippen LogP contribution in [0.25, 0.3) is 0 Å². The number of hydrogen-bond acceptors (Lipinski definition) is 3. The van der Waals surface area contributed by atoms with Gasteiger partial charge in [-0.3, -0.25) is 4.90 Å². The molecular weight excluding hydrogens is 332 g/mol. The summed E-state index contributed by atoms with van der Waals surface area (Å²) in [5, 5.41) is 5.61. The molecule has 2 rings (SSSR count). The maximum atomic E-state index is 3.57. The zero-order chi connectivity index (χ0) is 14.4. The van der Waals surface area contributed by atoms with Crippen molar-refractivity contribution in [2.45, 2.75) is 26.9 Å². The Morgan fingerprint density at radius 1 is 1.20 bits per heavy atom. The van der Waals surface area contributed by atoms with Crippen molar-refractivity contribution >= 4 is 33.0 Å². The molecule has 1 heterocycles. The van der Waals surface area contributed by atoms with Gasteiger partial charge in [-0.15, -0.1) is 11.3 Å². The van der Waals surface area contributed by atoms with Crippen LogP contribution in [0.15, 0.2) is 40.2 Å². The molecule has 0 aliphatic carbocycles. The zero-order valence-corrected chi connectivity index (χ0v) is 14.4. The van der Waals surface area contributed by atoms with Crippen molar-refractivity contribution in [3.8, 4) is 0 Å². The summed E-state index contributed by atoms with van der Waals surface area (Å²) in [6.07, 6.45) is 0. The molecular formula is C16H21BrN2S. The molecule has 0 unspecified atom stereocenters. The van der Waals surface area contributed by atoms with Gasteiger partial charge in [0.15, 0.2) is 0 Å². The predicted molar refractivity (Wildman–Crippen MR) is 92.4 cm³/mol. The Hall–Kier alpha value is -0.840. The third kappa shape index (κ3) is 4.33. The first kappa shape index (κ1) is 15.5. The van der Waals surface area contributed by atoms with Crippen LogP contribution in [0.5, 0.6) is 0 Å². The monoisotopic (exact) mass is 352 g/mol. The molecule has 20 heavy (non-hydrogen) atoms. The summed E-state index contributed by atoms with van der Waals surface area (Å²) in [5.74, 6) is 0. The molecule has 2 nitrogen and oxygen atoms in total. The summed E-state index contributed by atoms with van der Waals surface area (Å²) in [4.78, 5) is 3.76. The molecule has 0 radical (unpaired) electrons. The molecule has 0 aliphatic heterocycles. The number of anilines is 1. The van der Waals surface area contributed by atoms with Crippen molar-refractivity contribution in [1.82, 2.24) is 4.90 Å². The first-order chi connectivity index (χ1) is 9.72. The Morgan fingerprint density at radius 3 is 2.65 bits per heavy atom. The molecule has 0 atom stereocenters. The van der Waals surface area contributed by atoms with Crippen LogP contribution in [-0.4, -0.2) is 18.0 Å². The second kappa shape index (κ2) is 7.81. The molecule has 0 spiro atoms. The quantitative estimate of drug-likeness (QED) is 0.756. The first-order valence-corrected chi connectivity index (χ1v) is 8.67. The third-order valence-corrected chi connectivity index (χ3v) is 5.30. The van der Waals surface area contributed by atoms with Crippen molar-refractivity contribution in [2.24, 2.45) is 0 Å². The zero-order valence-electron chi connectivity index (χ0n) is 12.0. The Bertz CT molecular complexity index is 535. The van der Waals surface area contributed by atoms with E-state index in [0.29, 0.717) is 0 Å². The lowest BCUT2D eigenvalue weighted by Crippen LogP contribution is -2.22. The Kier molecular flexibility index (Phi) is 6.07. The summed E-state index contributed by atoms with van der Waals surface area (Å²) in [6, 6.07) is 10.8. The topological polar surface area (TPSA) is 15.3 Å². The molecule has 0 aliphatic rings.